The lowest BCUT2D eigenvalue weighted by Gasteiger charge is -2.24. The summed E-state index contributed by atoms with van der Waals surface area (Å²) in [7, 11) is 3.69. The third kappa shape index (κ3) is 2.40. The lowest BCUT2D eigenvalue weighted by Crippen LogP contribution is -2.40. The van der Waals surface area contributed by atoms with Crippen LogP contribution in [0, 0.1) is 0 Å². The van der Waals surface area contributed by atoms with Gasteiger partial charge < -0.3 is 19.1 Å². The predicted molar refractivity (Wildman–Crippen MR) is 104 cm³/mol. The summed E-state index contributed by atoms with van der Waals surface area (Å²) in [5.74, 6) is -2.16. The van der Waals surface area contributed by atoms with Crippen molar-refractivity contribution in [1.82, 2.24) is 0 Å². The van der Waals surface area contributed by atoms with Crippen molar-refractivity contribution in [2.75, 3.05) is 26.2 Å². The highest BCUT2D eigenvalue weighted by Gasteiger charge is 2.76. The van der Waals surface area contributed by atoms with Gasteiger partial charge in [-0.1, -0.05) is 42.5 Å². The normalized spacial score (nSPS) is 21.6. The maximum atomic E-state index is 13.2. The number of fused-ring (bicyclic) bond motifs is 3. The first-order valence-corrected chi connectivity index (χ1v) is 8.97. The zero-order chi connectivity index (χ0) is 20.8. The first-order chi connectivity index (χ1) is 14.0. The van der Waals surface area contributed by atoms with Gasteiger partial charge in [0.15, 0.2) is 5.54 Å². The number of carbonyl (C=O) groups is 3. The van der Waals surface area contributed by atoms with Crippen LogP contribution in [0.1, 0.15) is 17.2 Å². The van der Waals surface area contributed by atoms with Crippen molar-refractivity contribution in [1.29, 1.82) is 0 Å². The van der Waals surface area contributed by atoms with Crippen molar-refractivity contribution in [2.24, 2.45) is 0 Å². The van der Waals surface area contributed by atoms with Gasteiger partial charge in [-0.2, -0.15) is 0 Å². The van der Waals surface area contributed by atoms with Crippen LogP contribution in [0.5, 0.6) is 0 Å². The van der Waals surface area contributed by atoms with E-state index in [9.17, 15) is 14.4 Å². The monoisotopic (exact) mass is 393 g/mol. The number of hydrogen-bond donors (Lipinski definition) is 0. The fraction of sp³-hybridized carbons (Fsp3) is 0.227. The minimum atomic E-state index is -1.51. The first-order valence-electron chi connectivity index (χ1n) is 8.97. The fourth-order valence-corrected chi connectivity index (χ4v) is 4.28. The van der Waals surface area contributed by atoms with E-state index in [4.69, 9.17) is 14.2 Å². The molecular formula is C22H19NO6. The number of nitrogens with zero attached hydrogens (tertiary/aromatic N) is 1. The molecule has 148 valence electrons. The molecule has 0 bridgehead atoms. The minimum absolute atomic E-state index is 0.00929. The van der Waals surface area contributed by atoms with Gasteiger partial charge in [0.05, 0.1) is 38.5 Å². The molecule has 0 amide bonds. The molecule has 0 N–H and O–H groups in total. The molecule has 1 heterocycles. The van der Waals surface area contributed by atoms with Gasteiger partial charge >= 0.3 is 17.9 Å². The Morgan fingerprint density at radius 3 is 2.07 bits per heavy atom. The summed E-state index contributed by atoms with van der Waals surface area (Å²) in [6.07, 6.45) is 0. The number of rotatable bonds is 4. The second kappa shape index (κ2) is 6.77. The molecule has 2 aliphatic rings. The Bertz CT molecular complexity index is 1040. The summed E-state index contributed by atoms with van der Waals surface area (Å²) in [5, 5.41) is 0. The van der Waals surface area contributed by atoms with Gasteiger partial charge in [0.25, 0.3) is 0 Å². The Balaban J connectivity index is 2.10. The number of para-hydroxylation sites is 1. The van der Waals surface area contributed by atoms with Crippen molar-refractivity contribution >= 4 is 29.2 Å². The Hall–Kier alpha value is -3.61. The smallest absolute Gasteiger partial charge is 0.339 e. The number of hydrogen-bond acceptors (Lipinski definition) is 7. The van der Waals surface area contributed by atoms with Crippen molar-refractivity contribution < 1.29 is 28.6 Å². The van der Waals surface area contributed by atoms with Crippen LogP contribution in [0.4, 0.5) is 5.69 Å². The van der Waals surface area contributed by atoms with Crippen LogP contribution in [-0.2, 0) is 28.6 Å². The minimum Gasteiger partial charge on any atom is -0.467 e. The number of anilines is 1. The molecule has 2 aromatic rings. The summed E-state index contributed by atoms with van der Waals surface area (Å²) in [6.45, 7) is 0. The largest absolute Gasteiger partial charge is 0.467 e. The highest BCUT2D eigenvalue weighted by atomic mass is 16.5. The van der Waals surface area contributed by atoms with Crippen molar-refractivity contribution in [3.05, 3.63) is 71.3 Å². The number of esters is 3. The van der Waals surface area contributed by atoms with E-state index in [0.717, 1.165) is 5.56 Å². The van der Waals surface area contributed by atoms with E-state index >= 15 is 0 Å². The van der Waals surface area contributed by atoms with Gasteiger partial charge in [-0.05, 0) is 23.3 Å². The van der Waals surface area contributed by atoms with Crippen molar-refractivity contribution in [2.45, 2.75) is 11.6 Å². The van der Waals surface area contributed by atoms with Crippen LogP contribution in [0.25, 0.3) is 5.57 Å². The summed E-state index contributed by atoms with van der Waals surface area (Å²) >= 11 is 0. The molecule has 1 saturated heterocycles. The molecular weight excluding hydrogens is 374 g/mol. The van der Waals surface area contributed by atoms with Crippen LogP contribution in [-0.4, -0.2) is 44.8 Å². The SMILES string of the molecule is COC(=O)C1=C(C(=O)OC)C2(C(=O)OC)C(c3ccccc31)N2c1ccccc1. The van der Waals surface area contributed by atoms with E-state index in [1.54, 1.807) is 17.0 Å². The van der Waals surface area contributed by atoms with E-state index in [1.807, 2.05) is 42.5 Å². The number of carbonyl (C=O) groups excluding carboxylic acids is 3. The molecule has 7 heteroatoms. The van der Waals surface area contributed by atoms with Crippen LogP contribution in [0.2, 0.25) is 0 Å². The maximum Gasteiger partial charge on any atom is 0.339 e. The molecule has 2 unspecified atom stereocenters. The molecule has 4 rings (SSSR count). The number of benzene rings is 2. The molecule has 2 atom stereocenters. The molecule has 1 aliphatic heterocycles. The van der Waals surface area contributed by atoms with Crippen LogP contribution in [0.15, 0.2) is 60.2 Å². The Morgan fingerprint density at radius 1 is 0.828 bits per heavy atom. The second-order valence-corrected chi connectivity index (χ2v) is 6.69. The fourth-order valence-electron chi connectivity index (χ4n) is 4.28. The molecule has 1 aliphatic carbocycles. The average Bonchev–Trinajstić information content (AvgIpc) is 3.48. The zero-order valence-corrected chi connectivity index (χ0v) is 16.2. The summed E-state index contributed by atoms with van der Waals surface area (Å²) in [6, 6.07) is 15.8. The third-order valence-electron chi connectivity index (χ3n) is 5.43. The predicted octanol–water partition coefficient (Wildman–Crippen LogP) is 2.27. The molecule has 1 fully saturated rings. The molecule has 7 nitrogen and oxygen atoms in total. The summed E-state index contributed by atoms with van der Waals surface area (Å²) in [4.78, 5) is 40.6. The Morgan fingerprint density at radius 2 is 1.45 bits per heavy atom. The van der Waals surface area contributed by atoms with E-state index in [2.05, 4.69) is 0 Å². The number of methoxy groups -OCH3 is 3. The van der Waals surface area contributed by atoms with Gasteiger partial charge in [-0.25, -0.2) is 14.4 Å². The average molecular weight is 393 g/mol. The molecule has 2 aromatic carbocycles. The summed E-state index contributed by atoms with van der Waals surface area (Å²) in [5.41, 5.74) is 0.394. The Labute approximate surface area is 167 Å². The lowest BCUT2D eigenvalue weighted by atomic mass is 9.78. The summed E-state index contributed by atoms with van der Waals surface area (Å²) < 4.78 is 15.1. The lowest BCUT2D eigenvalue weighted by molar-refractivity contribution is -0.145. The second-order valence-electron chi connectivity index (χ2n) is 6.69. The zero-order valence-electron chi connectivity index (χ0n) is 16.2. The van der Waals surface area contributed by atoms with Crippen LogP contribution in [0.3, 0.4) is 0 Å². The first kappa shape index (κ1) is 18.7. The van der Waals surface area contributed by atoms with Gasteiger partial charge in [-0.3, -0.25) is 0 Å². The van der Waals surface area contributed by atoms with Gasteiger partial charge in [0.1, 0.15) is 0 Å². The quantitative estimate of drug-likeness (QED) is 0.448. The maximum absolute atomic E-state index is 13.2. The standard InChI is InChI=1S/C22H19NO6/c1-27-19(24)16-14-11-7-8-12-15(14)18-22(21(26)29-3,17(16)20(25)28-2)23(18)13-9-5-4-6-10-13/h4-12,18H,1-3H3. The highest BCUT2D eigenvalue weighted by Crippen LogP contribution is 2.65. The van der Waals surface area contributed by atoms with Gasteiger partial charge in [0.2, 0.25) is 0 Å². The molecule has 0 saturated carbocycles. The van der Waals surface area contributed by atoms with Crippen LogP contribution >= 0.6 is 0 Å². The number of ether oxygens (including phenoxy) is 3. The Kier molecular flexibility index (Phi) is 4.38. The van der Waals surface area contributed by atoms with Crippen LogP contribution < -0.4 is 4.90 Å². The van der Waals surface area contributed by atoms with E-state index in [1.165, 1.54) is 21.3 Å². The van der Waals surface area contributed by atoms with Crippen molar-refractivity contribution in [3.8, 4) is 0 Å². The van der Waals surface area contributed by atoms with E-state index < -0.39 is 29.5 Å². The molecule has 0 spiro atoms. The molecule has 29 heavy (non-hydrogen) atoms. The topological polar surface area (TPSA) is 81.9 Å². The highest BCUT2D eigenvalue weighted by molar-refractivity contribution is 6.29. The van der Waals surface area contributed by atoms with Crippen molar-refractivity contribution in [3.63, 3.8) is 0 Å². The van der Waals surface area contributed by atoms with E-state index in [0.29, 0.717) is 11.3 Å². The van der Waals surface area contributed by atoms with Gasteiger partial charge in [0, 0.05) is 5.69 Å². The van der Waals surface area contributed by atoms with E-state index in [-0.39, 0.29) is 11.1 Å². The molecule has 0 radical (unpaired) electrons. The molecule has 0 aromatic heterocycles. The van der Waals surface area contributed by atoms with Gasteiger partial charge in [-0.15, -0.1) is 0 Å². The third-order valence-corrected chi connectivity index (χ3v) is 5.43.